The zero-order valence-corrected chi connectivity index (χ0v) is 13.2. The van der Waals surface area contributed by atoms with Gasteiger partial charge in [-0.25, -0.2) is 13.6 Å². The number of nitrogens with two attached hydrogens (primary N) is 2. The summed E-state index contributed by atoms with van der Waals surface area (Å²) in [5.41, 5.74) is 6.10. The van der Waals surface area contributed by atoms with E-state index >= 15 is 0 Å². The third-order valence-corrected chi connectivity index (χ3v) is 3.71. The summed E-state index contributed by atoms with van der Waals surface area (Å²) in [5.74, 6) is 0.110. The van der Waals surface area contributed by atoms with Crippen molar-refractivity contribution in [3.05, 3.63) is 18.2 Å². The van der Waals surface area contributed by atoms with Gasteiger partial charge in [-0.15, -0.1) is 0 Å². The minimum atomic E-state index is -3.93. The molecule has 1 atom stereocenters. The van der Waals surface area contributed by atoms with E-state index in [1.165, 1.54) is 18.2 Å². The average molecular weight is 314 g/mol. The first kappa shape index (κ1) is 17.3. The summed E-state index contributed by atoms with van der Waals surface area (Å²) in [5, 5.41) is 10.8. The molecule has 7 nitrogen and oxygen atoms in total. The molecule has 1 rings (SSSR count). The van der Waals surface area contributed by atoms with Gasteiger partial charge in [0.1, 0.15) is 10.9 Å². The summed E-state index contributed by atoms with van der Waals surface area (Å²) in [6.07, 6.45) is 0. The normalized spacial score (nSPS) is 13.0. The van der Waals surface area contributed by atoms with Crippen molar-refractivity contribution in [1.29, 1.82) is 0 Å². The van der Waals surface area contributed by atoms with Gasteiger partial charge >= 0.3 is 0 Å². The van der Waals surface area contributed by atoms with E-state index in [1.54, 1.807) is 6.92 Å². The number of nitrogen functional groups attached to an aromatic ring is 1. The van der Waals surface area contributed by atoms with E-state index in [4.69, 9.17) is 10.9 Å². The van der Waals surface area contributed by atoms with Crippen LogP contribution in [0.5, 0.6) is 0 Å². The first-order valence-electron chi connectivity index (χ1n) is 6.58. The Balaban J connectivity index is 2.90. The Morgan fingerprint density at radius 3 is 2.43 bits per heavy atom. The molecule has 0 radical (unpaired) electrons. The van der Waals surface area contributed by atoms with Gasteiger partial charge in [-0.2, -0.15) is 0 Å². The van der Waals surface area contributed by atoms with Gasteiger partial charge in [0.25, 0.3) is 0 Å². The van der Waals surface area contributed by atoms with Crippen LogP contribution in [0.1, 0.15) is 20.8 Å². The molecule has 0 aliphatic carbocycles. The standard InChI is InChI=1S/C13H22N4O3S/c1-8(2)7-16-13(18)9(3)17-11-5-4-10(14)6-12(11)21(15,19)20/h4-6,8-9,17H,7,14H2,1-3H3,(H,16,18)(H2,15,19,20). The van der Waals surface area contributed by atoms with Gasteiger partial charge in [0, 0.05) is 12.2 Å². The molecule has 0 heterocycles. The molecule has 118 valence electrons. The maximum Gasteiger partial charge on any atom is 0.242 e. The molecule has 1 unspecified atom stereocenters. The molecule has 1 aromatic rings. The molecule has 1 amide bonds. The molecule has 0 spiro atoms. The molecule has 1 aromatic carbocycles. The second-order valence-corrected chi connectivity index (χ2v) is 6.84. The van der Waals surface area contributed by atoms with Crippen LogP contribution in [0.2, 0.25) is 0 Å². The molecule has 6 N–H and O–H groups in total. The molecule has 0 saturated heterocycles. The Bertz CT molecular complexity index is 614. The zero-order valence-electron chi connectivity index (χ0n) is 12.4. The molecule has 8 heteroatoms. The van der Waals surface area contributed by atoms with Crippen LogP contribution in [0.4, 0.5) is 11.4 Å². The monoisotopic (exact) mass is 314 g/mol. The number of rotatable bonds is 6. The van der Waals surface area contributed by atoms with Crippen molar-refractivity contribution in [2.24, 2.45) is 11.1 Å². The Hall–Kier alpha value is -1.80. The molecular formula is C13H22N4O3S. The maximum absolute atomic E-state index is 11.9. The van der Waals surface area contributed by atoms with E-state index in [1.807, 2.05) is 13.8 Å². The lowest BCUT2D eigenvalue weighted by atomic mass is 10.2. The van der Waals surface area contributed by atoms with E-state index in [2.05, 4.69) is 10.6 Å². The van der Waals surface area contributed by atoms with Crippen molar-refractivity contribution in [2.45, 2.75) is 31.7 Å². The highest BCUT2D eigenvalue weighted by atomic mass is 32.2. The van der Waals surface area contributed by atoms with Crippen LogP contribution in [0.25, 0.3) is 0 Å². The number of primary sulfonamides is 1. The highest BCUT2D eigenvalue weighted by molar-refractivity contribution is 7.89. The molecular weight excluding hydrogens is 292 g/mol. The number of nitrogens with one attached hydrogen (secondary N) is 2. The van der Waals surface area contributed by atoms with Crippen molar-refractivity contribution < 1.29 is 13.2 Å². The maximum atomic E-state index is 11.9. The summed E-state index contributed by atoms with van der Waals surface area (Å²) in [7, 11) is -3.93. The van der Waals surface area contributed by atoms with Gasteiger partial charge in [-0.3, -0.25) is 4.79 Å². The van der Waals surface area contributed by atoms with Crippen LogP contribution in [-0.4, -0.2) is 26.9 Å². The lowest BCUT2D eigenvalue weighted by Crippen LogP contribution is -2.39. The third kappa shape index (κ3) is 5.24. The molecule has 0 fully saturated rings. The van der Waals surface area contributed by atoms with Crippen LogP contribution < -0.4 is 21.5 Å². The number of hydrogen-bond donors (Lipinski definition) is 4. The van der Waals surface area contributed by atoms with Crippen molar-refractivity contribution in [1.82, 2.24) is 5.32 Å². The summed E-state index contributed by atoms with van der Waals surface area (Å²) < 4.78 is 23.1. The summed E-state index contributed by atoms with van der Waals surface area (Å²) in [6, 6.07) is 3.68. The van der Waals surface area contributed by atoms with Gasteiger partial charge < -0.3 is 16.4 Å². The number of anilines is 2. The highest BCUT2D eigenvalue weighted by Gasteiger charge is 2.19. The van der Waals surface area contributed by atoms with Crippen molar-refractivity contribution in [3.8, 4) is 0 Å². The van der Waals surface area contributed by atoms with Crippen LogP contribution in [0, 0.1) is 5.92 Å². The summed E-state index contributed by atoms with van der Waals surface area (Å²) in [6.45, 7) is 6.16. The Labute approximate surface area is 125 Å². The van der Waals surface area contributed by atoms with E-state index in [0.717, 1.165) is 0 Å². The summed E-state index contributed by atoms with van der Waals surface area (Å²) >= 11 is 0. The minimum absolute atomic E-state index is 0.133. The second-order valence-electron chi connectivity index (χ2n) is 5.31. The van der Waals surface area contributed by atoms with Crippen molar-refractivity contribution in [2.75, 3.05) is 17.6 Å². The highest BCUT2D eigenvalue weighted by Crippen LogP contribution is 2.23. The molecule has 0 bridgehead atoms. The fraction of sp³-hybridized carbons (Fsp3) is 0.462. The zero-order chi connectivity index (χ0) is 16.2. The summed E-state index contributed by atoms with van der Waals surface area (Å²) in [4.78, 5) is 11.8. The Kier molecular flexibility index (Phi) is 5.56. The van der Waals surface area contributed by atoms with Crippen molar-refractivity contribution >= 4 is 27.3 Å². The molecule has 0 aliphatic rings. The van der Waals surface area contributed by atoms with Crippen molar-refractivity contribution in [3.63, 3.8) is 0 Å². The van der Waals surface area contributed by atoms with E-state index < -0.39 is 16.1 Å². The predicted octanol–water partition coefficient (Wildman–Crippen LogP) is 0.489. The lowest BCUT2D eigenvalue weighted by Gasteiger charge is -2.18. The largest absolute Gasteiger partial charge is 0.399 e. The number of carbonyl (C=O) groups is 1. The van der Waals surface area contributed by atoms with Crippen LogP contribution in [0.3, 0.4) is 0 Å². The number of amides is 1. The molecule has 0 aliphatic heterocycles. The predicted molar refractivity (Wildman–Crippen MR) is 83.2 cm³/mol. The fourth-order valence-electron chi connectivity index (χ4n) is 1.65. The molecule has 0 saturated carbocycles. The first-order valence-corrected chi connectivity index (χ1v) is 8.12. The van der Waals surface area contributed by atoms with Gasteiger partial charge in [0.15, 0.2) is 0 Å². The minimum Gasteiger partial charge on any atom is -0.399 e. The molecule has 0 aromatic heterocycles. The third-order valence-electron chi connectivity index (χ3n) is 2.76. The van der Waals surface area contributed by atoms with Gasteiger partial charge in [-0.1, -0.05) is 13.8 Å². The quantitative estimate of drug-likeness (QED) is 0.568. The Morgan fingerprint density at radius 2 is 1.90 bits per heavy atom. The van der Waals surface area contributed by atoms with Gasteiger partial charge in [-0.05, 0) is 31.0 Å². The van der Waals surface area contributed by atoms with Gasteiger partial charge in [0.2, 0.25) is 15.9 Å². The average Bonchev–Trinajstić information content (AvgIpc) is 2.36. The number of benzene rings is 1. The van der Waals surface area contributed by atoms with Crippen LogP contribution in [-0.2, 0) is 14.8 Å². The molecule has 21 heavy (non-hydrogen) atoms. The fourth-order valence-corrected chi connectivity index (χ4v) is 2.38. The second kappa shape index (κ2) is 6.77. The number of carbonyl (C=O) groups excluding carboxylic acids is 1. The first-order chi connectivity index (χ1) is 9.61. The van der Waals surface area contributed by atoms with E-state index in [9.17, 15) is 13.2 Å². The van der Waals surface area contributed by atoms with E-state index in [-0.39, 0.29) is 22.2 Å². The number of sulfonamides is 1. The lowest BCUT2D eigenvalue weighted by molar-refractivity contribution is -0.121. The number of hydrogen-bond acceptors (Lipinski definition) is 5. The SMILES string of the molecule is CC(C)CNC(=O)C(C)Nc1ccc(N)cc1S(N)(=O)=O. The topological polar surface area (TPSA) is 127 Å². The van der Waals surface area contributed by atoms with Gasteiger partial charge in [0.05, 0.1) is 5.69 Å². The Morgan fingerprint density at radius 1 is 1.29 bits per heavy atom. The van der Waals surface area contributed by atoms with E-state index in [0.29, 0.717) is 12.5 Å². The van der Waals surface area contributed by atoms with Crippen LogP contribution in [0.15, 0.2) is 23.1 Å². The smallest absolute Gasteiger partial charge is 0.242 e. The van der Waals surface area contributed by atoms with Crippen LogP contribution >= 0.6 is 0 Å².